The fraction of sp³-hybridized carbons (Fsp3) is 0.900. The van der Waals surface area contributed by atoms with Crippen molar-refractivity contribution in [3.8, 4) is 0 Å². The molecule has 1 heterocycles. The van der Waals surface area contributed by atoms with Gasteiger partial charge >= 0.3 is 0 Å². The van der Waals surface area contributed by atoms with Crippen LogP contribution in [0.25, 0.3) is 0 Å². The van der Waals surface area contributed by atoms with E-state index in [-0.39, 0.29) is 18.5 Å². The van der Waals surface area contributed by atoms with Crippen molar-refractivity contribution < 1.29 is 24.1 Å². The molecule has 1 aliphatic heterocycles. The van der Waals surface area contributed by atoms with Crippen molar-refractivity contribution in [2.24, 2.45) is 5.92 Å². The minimum Gasteiger partial charge on any atom is -0.391 e. The van der Waals surface area contributed by atoms with Gasteiger partial charge in [-0.1, -0.05) is 19.1 Å². The van der Waals surface area contributed by atoms with E-state index < -0.39 is 11.9 Å². The molecular formula is C20H38O5. The fourth-order valence-electron chi connectivity index (χ4n) is 2.97. The van der Waals surface area contributed by atoms with E-state index in [0.29, 0.717) is 25.6 Å². The summed E-state index contributed by atoms with van der Waals surface area (Å²) in [5, 5.41) is 9.83. The molecule has 0 aliphatic carbocycles. The van der Waals surface area contributed by atoms with Crippen LogP contribution in [0.15, 0.2) is 12.2 Å². The molecule has 25 heavy (non-hydrogen) atoms. The zero-order valence-corrected chi connectivity index (χ0v) is 16.9. The number of rotatable bonds is 12. The summed E-state index contributed by atoms with van der Waals surface area (Å²) in [6.45, 7) is 13.0. The summed E-state index contributed by atoms with van der Waals surface area (Å²) in [5.74, 6) is 0.0590. The molecule has 1 unspecified atom stereocenters. The number of hydrogen-bond donors (Lipinski definition) is 1. The smallest absolute Gasteiger partial charge is 0.163 e. The quantitative estimate of drug-likeness (QED) is 0.324. The largest absolute Gasteiger partial charge is 0.391 e. The van der Waals surface area contributed by atoms with Crippen molar-refractivity contribution >= 4 is 0 Å². The predicted octanol–water partition coefficient (Wildman–Crippen LogP) is 4.04. The topological polar surface area (TPSA) is 57.2 Å². The SMILES string of the molecule is CCOC(C)O[C@@H](C/C=C\CCC[C@H](C)[C@@H]1COC(C)(C)O1)[C@@H](C)O. The van der Waals surface area contributed by atoms with Gasteiger partial charge in [-0.15, -0.1) is 0 Å². The molecule has 5 heteroatoms. The lowest BCUT2D eigenvalue weighted by atomic mass is 9.98. The molecule has 1 N–H and O–H groups in total. The molecule has 0 bridgehead atoms. The van der Waals surface area contributed by atoms with Gasteiger partial charge in [0, 0.05) is 6.61 Å². The van der Waals surface area contributed by atoms with Gasteiger partial charge in [0.2, 0.25) is 0 Å². The molecule has 1 saturated heterocycles. The molecular weight excluding hydrogens is 320 g/mol. The number of aliphatic hydroxyl groups excluding tert-OH is 1. The van der Waals surface area contributed by atoms with Crippen LogP contribution in [0, 0.1) is 5.92 Å². The Labute approximate surface area is 153 Å². The first-order chi connectivity index (χ1) is 11.7. The lowest BCUT2D eigenvalue weighted by Crippen LogP contribution is -2.30. The highest BCUT2D eigenvalue weighted by Crippen LogP contribution is 2.28. The van der Waals surface area contributed by atoms with Crippen LogP contribution in [0.4, 0.5) is 0 Å². The Morgan fingerprint density at radius 2 is 1.96 bits per heavy atom. The second kappa shape index (κ2) is 11.3. The maximum absolute atomic E-state index is 9.83. The normalized spacial score (nSPS) is 25.2. The lowest BCUT2D eigenvalue weighted by molar-refractivity contribution is -0.177. The van der Waals surface area contributed by atoms with Crippen molar-refractivity contribution in [2.45, 2.75) is 97.6 Å². The molecule has 1 fully saturated rings. The van der Waals surface area contributed by atoms with Gasteiger partial charge in [0.15, 0.2) is 12.1 Å². The van der Waals surface area contributed by atoms with Crippen molar-refractivity contribution in [3.63, 3.8) is 0 Å². The first-order valence-corrected chi connectivity index (χ1v) is 9.67. The van der Waals surface area contributed by atoms with Crippen LogP contribution >= 0.6 is 0 Å². The molecule has 1 aliphatic rings. The van der Waals surface area contributed by atoms with Crippen LogP contribution in [0.1, 0.15) is 67.2 Å². The zero-order valence-electron chi connectivity index (χ0n) is 16.9. The molecule has 0 aromatic heterocycles. The Balaban J connectivity index is 2.21. The van der Waals surface area contributed by atoms with Crippen molar-refractivity contribution in [3.05, 3.63) is 12.2 Å². The maximum Gasteiger partial charge on any atom is 0.163 e. The minimum absolute atomic E-state index is 0.201. The standard InChI is InChI=1S/C20H38O5/c1-7-22-17(4)24-18(16(3)21)13-11-9-8-10-12-15(2)19-14-23-20(5,6)25-19/h9,11,15-19,21H,7-8,10,12-14H2,1-6H3/b11-9-/t15-,16+,17?,18-,19-/m0/s1. The Bertz CT molecular complexity index is 380. The highest BCUT2D eigenvalue weighted by Gasteiger charge is 2.35. The molecule has 0 radical (unpaired) electrons. The molecule has 0 aromatic rings. The number of allylic oxidation sites excluding steroid dienone is 1. The van der Waals surface area contributed by atoms with Gasteiger partial charge in [-0.2, -0.15) is 0 Å². The summed E-state index contributed by atoms with van der Waals surface area (Å²) >= 11 is 0. The van der Waals surface area contributed by atoms with E-state index in [1.807, 2.05) is 27.7 Å². The van der Waals surface area contributed by atoms with Crippen molar-refractivity contribution in [1.29, 1.82) is 0 Å². The van der Waals surface area contributed by atoms with Gasteiger partial charge < -0.3 is 24.1 Å². The van der Waals surface area contributed by atoms with Crippen LogP contribution in [0.3, 0.4) is 0 Å². The zero-order chi connectivity index (χ0) is 18.9. The van der Waals surface area contributed by atoms with Crippen LogP contribution in [0.5, 0.6) is 0 Å². The molecule has 0 spiro atoms. The van der Waals surface area contributed by atoms with E-state index in [1.165, 1.54) is 0 Å². The number of hydrogen-bond acceptors (Lipinski definition) is 5. The van der Waals surface area contributed by atoms with Gasteiger partial charge in [-0.3, -0.25) is 0 Å². The predicted molar refractivity (Wildman–Crippen MR) is 99.3 cm³/mol. The van der Waals surface area contributed by atoms with E-state index in [2.05, 4.69) is 19.1 Å². The third kappa shape index (κ3) is 9.15. The van der Waals surface area contributed by atoms with Gasteiger partial charge in [0.1, 0.15) is 0 Å². The summed E-state index contributed by atoms with van der Waals surface area (Å²) in [6, 6.07) is 0. The van der Waals surface area contributed by atoms with Gasteiger partial charge in [-0.25, -0.2) is 0 Å². The molecule has 148 valence electrons. The molecule has 5 atom stereocenters. The van der Waals surface area contributed by atoms with Gasteiger partial charge in [-0.05, 0) is 66.2 Å². The molecule has 1 rings (SSSR count). The van der Waals surface area contributed by atoms with E-state index >= 15 is 0 Å². The summed E-state index contributed by atoms with van der Waals surface area (Å²) in [4.78, 5) is 0. The third-order valence-corrected chi connectivity index (χ3v) is 4.54. The lowest BCUT2D eigenvalue weighted by Gasteiger charge is -2.23. The molecule has 0 amide bonds. The second-order valence-electron chi connectivity index (χ2n) is 7.42. The Morgan fingerprint density at radius 1 is 1.24 bits per heavy atom. The van der Waals surface area contributed by atoms with Crippen LogP contribution in [-0.2, 0) is 18.9 Å². The van der Waals surface area contributed by atoms with E-state index in [1.54, 1.807) is 6.92 Å². The summed E-state index contributed by atoms with van der Waals surface area (Å²) in [6.07, 6.45) is 7.38. The Kier molecular flexibility index (Phi) is 10.2. The highest BCUT2D eigenvalue weighted by atomic mass is 16.7. The summed E-state index contributed by atoms with van der Waals surface area (Å²) < 4.78 is 22.6. The van der Waals surface area contributed by atoms with Crippen LogP contribution in [0.2, 0.25) is 0 Å². The van der Waals surface area contributed by atoms with E-state index in [0.717, 1.165) is 19.3 Å². The Hall–Kier alpha value is -0.460. The molecule has 0 saturated carbocycles. The van der Waals surface area contributed by atoms with Crippen LogP contribution in [-0.4, -0.2) is 48.7 Å². The number of aliphatic hydroxyl groups is 1. The average molecular weight is 359 g/mol. The van der Waals surface area contributed by atoms with E-state index in [9.17, 15) is 5.11 Å². The van der Waals surface area contributed by atoms with Gasteiger partial charge in [0.25, 0.3) is 0 Å². The van der Waals surface area contributed by atoms with E-state index in [4.69, 9.17) is 18.9 Å². The van der Waals surface area contributed by atoms with Crippen LogP contribution < -0.4 is 0 Å². The second-order valence-corrected chi connectivity index (χ2v) is 7.42. The average Bonchev–Trinajstić information content (AvgIpc) is 2.89. The van der Waals surface area contributed by atoms with Crippen molar-refractivity contribution in [2.75, 3.05) is 13.2 Å². The summed E-state index contributed by atoms with van der Waals surface area (Å²) in [5.41, 5.74) is 0. The fourth-order valence-corrected chi connectivity index (χ4v) is 2.97. The number of unbranched alkanes of at least 4 members (excludes halogenated alkanes) is 1. The third-order valence-electron chi connectivity index (χ3n) is 4.54. The Morgan fingerprint density at radius 3 is 2.52 bits per heavy atom. The summed E-state index contributed by atoms with van der Waals surface area (Å²) in [7, 11) is 0. The van der Waals surface area contributed by atoms with Gasteiger partial charge in [0.05, 0.1) is 24.9 Å². The number of ether oxygens (including phenoxy) is 4. The monoisotopic (exact) mass is 358 g/mol. The molecule has 0 aromatic carbocycles. The first kappa shape index (κ1) is 22.6. The maximum atomic E-state index is 9.83. The minimum atomic E-state index is -0.518. The molecule has 5 nitrogen and oxygen atoms in total. The first-order valence-electron chi connectivity index (χ1n) is 9.67. The van der Waals surface area contributed by atoms with Crippen molar-refractivity contribution in [1.82, 2.24) is 0 Å². The highest BCUT2D eigenvalue weighted by molar-refractivity contribution is 4.86.